The zero-order valence-corrected chi connectivity index (χ0v) is 12.0. The fourth-order valence-electron chi connectivity index (χ4n) is 1.94. The van der Waals surface area contributed by atoms with Crippen LogP contribution >= 0.6 is 11.3 Å². The number of carboxylic acids is 1. The van der Waals surface area contributed by atoms with Crippen molar-refractivity contribution in [3.05, 3.63) is 34.5 Å². The van der Waals surface area contributed by atoms with E-state index in [1.807, 2.05) is 0 Å². The Labute approximate surface area is 119 Å². The smallest absolute Gasteiger partial charge is 0.305 e. The first-order valence-electron chi connectivity index (χ1n) is 6.06. The highest BCUT2D eigenvalue weighted by Crippen LogP contribution is 2.32. The van der Waals surface area contributed by atoms with E-state index in [4.69, 9.17) is 5.11 Å². The number of benzene rings is 1. The molecule has 1 N–H and O–H groups in total. The van der Waals surface area contributed by atoms with E-state index in [0.29, 0.717) is 4.88 Å². The lowest BCUT2D eigenvalue weighted by Gasteiger charge is -2.15. The van der Waals surface area contributed by atoms with Gasteiger partial charge in [-0.05, 0) is 36.1 Å². The number of nitrogens with zero attached hydrogens (tertiary/aromatic N) is 1. The summed E-state index contributed by atoms with van der Waals surface area (Å²) in [6.45, 7) is 1.92. The molecule has 2 rings (SSSR count). The predicted octanol–water partition coefficient (Wildman–Crippen LogP) is 2.90. The van der Waals surface area contributed by atoms with Crippen molar-refractivity contribution in [2.24, 2.45) is 0 Å². The van der Waals surface area contributed by atoms with Crippen molar-refractivity contribution in [2.75, 3.05) is 13.6 Å². The van der Waals surface area contributed by atoms with Gasteiger partial charge in [0.05, 0.1) is 11.3 Å². The number of aliphatic carboxylic acids is 1. The van der Waals surface area contributed by atoms with Gasteiger partial charge in [-0.15, -0.1) is 11.3 Å². The average molecular weight is 295 g/mol. The number of carbonyl (C=O) groups excluding carboxylic acids is 1. The highest BCUT2D eigenvalue weighted by Gasteiger charge is 2.19. The van der Waals surface area contributed by atoms with Crippen molar-refractivity contribution >= 4 is 33.3 Å². The second-order valence-corrected chi connectivity index (χ2v) is 5.62. The van der Waals surface area contributed by atoms with Crippen molar-refractivity contribution in [3.63, 3.8) is 0 Å². The summed E-state index contributed by atoms with van der Waals surface area (Å²) >= 11 is 1.30. The summed E-state index contributed by atoms with van der Waals surface area (Å²) in [6.07, 6.45) is -0.0964. The van der Waals surface area contributed by atoms with Gasteiger partial charge in [0, 0.05) is 18.3 Å². The minimum absolute atomic E-state index is 0.0964. The quantitative estimate of drug-likeness (QED) is 0.943. The van der Waals surface area contributed by atoms with Crippen LogP contribution in [0, 0.1) is 12.7 Å². The van der Waals surface area contributed by atoms with E-state index in [9.17, 15) is 14.0 Å². The maximum absolute atomic E-state index is 13.2. The number of rotatable bonds is 4. The van der Waals surface area contributed by atoms with Gasteiger partial charge in [0.1, 0.15) is 5.82 Å². The van der Waals surface area contributed by atoms with E-state index in [1.54, 1.807) is 20.0 Å². The van der Waals surface area contributed by atoms with Gasteiger partial charge in [-0.2, -0.15) is 0 Å². The average Bonchev–Trinajstić information content (AvgIpc) is 2.72. The highest BCUT2D eigenvalue weighted by atomic mass is 32.1. The molecule has 0 aliphatic heterocycles. The summed E-state index contributed by atoms with van der Waals surface area (Å²) < 4.78 is 14.1. The van der Waals surface area contributed by atoms with Crippen molar-refractivity contribution in [2.45, 2.75) is 13.3 Å². The number of halogens is 1. The van der Waals surface area contributed by atoms with Gasteiger partial charge in [-0.1, -0.05) is 0 Å². The summed E-state index contributed by atoms with van der Waals surface area (Å²) in [5, 5.41) is 9.36. The molecule has 4 nitrogen and oxygen atoms in total. The Morgan fingerprint density at radius 1 is 1.40 bits per heavy atom. The zero-order chi connectivity index (χ0) is 14.9. The van der Waals surface area contributed by atoms with Crippen molar-refractivity contribution < 1.29 is 19.1 Å². The molecule has 0 saturated carbocycles. The van der Waals surface area contributed by atoms with E-state index in [2.05, 4.69) is 0 Å². The molecule has 1 heterocycles. The normalized spacial score (nSPS) is 10.8. The van der Waals surface area contributed by atoms with Gasteiger partial charge in [-0.3, -0.25) is 9.59 Å². The third-order valence-corrected chi connectivity index (χ3v) is 4.36. The number of thiophene rings is 1. The lowest BCUT2D eigenvalue weighted by atomic mass is 10.1. The molecule has 0 spiro atoms. The third kappa shape index (κ3) is 2.80. The molecule has 6 heteroatoms. The second kappa shape index (κ2) is 5.58. The van der Waals surface area contributed by atoms with Crippen LogP contribution in [-0.4, -0.2) is 35.5 Å². The maximum atomic E-state index is 13.2. The SMILES string of the molecule is Cc1c(C(=O)N(C)CCC(=O)O)sc2ccc(F)cc12. The fraction of sp³-hybridized carbons (Fsp3) is 0.286. The standard InChI is InChI=1S/C14H14FNO3S/c1-8-10-7-9(15)3-4-11(10)20-13(8)14(19)16(2)6-5-12(17)18/h3-4,7H,5-6H2,1-2H3,(H,17,18). The highest BCUT2D eigenvalue weighted by molar-refractivity contribution is 7.21. The van der Waals surface area contributed by atoms with Crippen LogP contribution < -0.4 is 0 Å². The second-order valence-electron chi connectivity index (χ2n) is 4.57. The van der Waals surface area contributed by atoms with Crippen LogP contribution in [0.15, 0.2) is 18.2 Å². The minimum atomic E-state index is -0.945. The summed E-state index contributed by atoms with van der Waals surface area (Å²) in [7, 11) is 1.57. The van der Waals surface area contributed by atoms with E-state index >= 15 is 0 Å². The first-order chi connectivity index (χ1) is 9.40. The van der Waals surface area contributed by atoms with Crippen LogP contribution in [0.4, 0.5) is 4.39 Å². The molecule has 0 fully saturated rings. The molecule has 0 aliphatic carbocycles. The van der Waals surface area contributed by atoms with Gasteiger partial charge in [0.25, 0.3) is 5.91 Å². The van der Waals surface area contributed by atoms with Gasteiger partial charge in [0.15, 0.2) is 0 Å². The summed E-state index contributed by atoms with van der Waals surface area (Å²) in [5.74, 6) is -1.51. The van der Waals surface area contributed by atoms with E-state index in [-0.39, 0.29) is 24.7 Å². The first kappa shape index (κ1) is 14.5. The minimum Gasteiger partial charge on any atom is -0.481 e. The van der Waals surface area contributed by atoms with Gasteiger partial charge >= 0.3 is 5.97 Å². The molecule has 20 heavy (non-hydrogen) atoms. The van der Waals surface area contributed by atoms with Crippen LogP contribution in [0.25, 0.3) is 10.1 Å². The molecule has 1 aromatic heterocycles. The number of hydrogen-bond acceptors (Lipinski definition) is 3. The first-order valence-corrected chi connectivity index (χ1v) is 6.87. The molecule has 106 valence electrons. The Balaban J connectivity index is 2.30. The molecule has 1 amide bonds. The van der Waals surface area contributed by atoms with Crippen LogP contribution in [-0.2, 0) is 4.79 Å². The van der Waals surface area contributed by atoms with Crippen molar-refractivity contribution in [1.29, 1.82) is 0 Å². The Hall–Kier alpha value is -1.95. The molecule has 2 aromatic rings. The zero-order valence-electron chi connectivity index (χ0n) is 11.1. The lowest BCUT2D eigenvalue weighted by Crippen LogP contribution is -2.28. The topological polar surface area (TPSA) is 57.6 Å². The molecule has 0 atom stereocenters. The van der Waals surface area contributed by atoms with Crippen LogP contribution in [0.3, 0.4) is 0 Å². The number of amides is 1. The lowest BCUT2D eigenvalue weighted by molar-refractivity contribution is -0.137. The third-order valence-electron chi connectivity index (χ3n) is 3.10. The molecule has 0 aliphatic rings. The monoisotopic (exact) mass is 295 g/mol. The van der Waals surface area contributed by atoms with Crippen molar-refractivity contribution in [1.82, 2.24) is 4.90 Å². The fourth-order valence-corrected chi connectivity index (χ4v) is 3.12. The molecule has 0 saturated heterocycles. The number of hydrogen-bond donors (Lipinski definition) is 1. The molecular formula is C14H14FNO3S. The van der Waals surface area contributed by atoms with Crippen LogP contribution in [0.1, 0.15) is 21.7 Å². The van der Waals surface area contributed by atoms with Crippen molar-refractivity contribution in [3.8, 4) is 0 Å². The van der Waals surface area contributed by atoms with Gasteiger partial charge in [-0.25, -0.2) is 4.39 Å². The summed E-state index contributed by atoms with van der Waals surface area (Å²) in [5.41, 5.74) is 0.733. The largest absolute Gasteiger partial charge is 0.481 e. The number of carbonyl (C=O) groups is 2. The molecule has 0 unspecified atom stereocenters. The van der Waals surface area contributed by atoms with Gasteiger partial charge < -0.3 is 10.0 Å². The molecule has 0 radical (unpaired) electrons. The number of fused-ring (bicyclic) bond motifs is 1. The van der Waals surface area contributed by atoms with E-state index < -0.39 is 5.97 Å². The predicted molar refractivity (Wildman–Crippen MR) is 75.7 cm³/mol. The number of carboxylic acid groups (broad SMARTS) is 1. The van der Waals surface area contributed by atoms with Crippen LogP contribution in [0.5, 0.6) is 0 Å². The summed E-state index contributed by atoms with van der Waals surface area (Å²) in [4.78, 5) is 24.7. The van der Waals surface area contributed by atoms with Crippen LogP contribution in [0.2, 0.25) is 0 Å². The molecular weight excluding hydrogens is 281 g/mol. The van der Waals surface area contributed by atoms with Gasteiger partial charge in [0.2, 0.25) is 0 Å². The Kier molecular flexibility index (Phi) is 4.04. The Bertz CT molecular complexity index is 680. The molecule has 1 aromatic carbocycles. The van der Waals surface area contributed by atoms with E-state index in [1.165, 1.54) is 28.4 Å². The number of aryl methyl sites for hydroxylation is 1. The Morgan fingerprint density at radius 3 is 2.75 bits per heavy atom. The van der Waals surface area contributed by atoms with E-state index in [0.717, 1.165) is 15.6 Å². The Morgan fingerprint density at radius 2 is 2.10 bits per heavy atom. The maximum Gasteiger partial charge on any atom is 0.305 e. The summed E-state index contributed by atoms with van der Waals surface area (Å²) in [6, 6.07) is 4.42. The molecule has 0 bridgehead atoms.